The summed E-state index contributed by atoms with van der Waals surface area (Å²) in [5, 5.41) is 22.6. The second-order valence-electron chi connectivity index (χ2n) is 14.6. The number of hydrogen-bond acceptors (Lipinski definition) is 12. The molecule has 0 saturated heterocycles. The summed E-state index contributed by atoms with van der Waals surface area (Å²) in [6, 6.07) is 6.18. The third-order valence-corrected chi connectivity index (χ3v) is 9.32. The van der Waals surface area contributed by atoms with Gasteiger partial charge in [-0.3, -0.25) is 28.8 Å². The molecule has 0 unspecified atom stereocenters. The van der Waals surface area contributed by atoms with Crippen molar-refractivity contribution in [2.24, 2.45) is 17.6 Å². The summed E-state index contributed by atoms with van der Waals surface area (Å²) in [4.78, 5) is 88.8. The monoisotopic (exact) mass is 815 g/mol. The zero-order valence-electron chi connectivity index (χ0n) is 34.6. The first-order valence-corrected chi connectivity index (χ1v) is 19.6. The third kappa shape index (κ3) is 17.0. The molecule has 0 aromatic heterocycles. The average Bonchev–Trinajstić information content (AvgIpc) is 3.18. The molecule has 5 amide bonds. The molecular weight excluding hydrogens is 754 g/mol. The molecule has 0 aliphatic heterocycles. The molecule has 0 aliphatic carbocycles. The molecule has 7 N–H and O–H groups in total. The summed E-state index contributed by atoms with van der Waals surface area (Å²) < 4.78 is 21.1. The lowest BCUT2D eigenvalue weighted by molar-refractivity contribution is -0.146. The van der Waals surface area contributed by atoms with Crippen LogP contribution < -0.4 is 36.5 Å². The number of carbonyl (C=O) groups is 7. The van der Waals surface area contributed by atoms with E-state index >= 15 is 0 Å². The molecule has 0 radical (unpaired) electrons. The zero-order valence-corrected chi connectivity index (χ0v) is 34.6. The van der Waals surface area contributed by atoms with Gasteiger partial charge < -0.3 is 51.1 Å². The Bertz CT molecular complexity index is 1700. The predicted octanol–water partition coefficient (Wildman–Crippen LogP) is 2.18. The van der Waals surface area contributed by atoms with Crippen molar-refractivity contribution < 1.29 is 57.6 Å². The number of esters is 2. The summed E-state index contributed by atoms with van der Waals surface area (Å²) in [5.41, 5.74) is 5.35. The minimum atomic E-state index is -1.49. The van der Waals surface area contributed by atoms with Crippen molar-refractivity contribution in [3.8, 4) is 11.5 Å². The molecule has 0 heterocycles. The van der Waals surface area contributed by atoms with Gasteiger partial charge in [-0.15, -0.1) is 0 Å². The molecule has 58 heavy (non-hydrogen) atoms. The van der Waals surface area contributed by atoms with Crippen molar-refractivity contribution in [3.05, 3.63) is 36.4 Å². The van der Waals surface area contributed by atoms with Gasteiger partial charge in [-0.25, -0.2) is 4.79 Å². The highest BCUT2D eigenvalue weighted by Crippen LogP contribution is 2.25. The van der Waals surface area contributed by atoms with Crippen molar-refractivity contribution >= 4 is 52.2 Å². The molecule has 0 saturated carbocycles. The Morgan fingerprint density at radius 2 is 1.26 bits per heavy atom. The van der Waals surface area contributed by atoms with E-state index in [2.05, 4.69) is 26.0 Å². The number of benzene rings is 2. The van der Waals surface area contributed by atoms with Crippen molar-refractivity contribution in [1.29, 1.82) is 0 Å². The normalized spacial score (nSPS) is 14.2. The number of carbonyl (C=O) groups excluding carboxylic acids is 7. The van der Waals surface area contributed by atoms with Crippen molar-refractivity contribution in [1.82, 2.24) is 21.3 Å². The first kappa shape index (κ1) is 48.7. The number of ether oxygens (including phenoxy) is 4. The topological polar surface area (TPSA) is 251 Å². The molecule has 2 aromatic rings. The Morgan fingerprint density at radius 3 is 1.78 bits per heavy atom. The van der Waals surface area contributed by atoms with Gasteiger partial charge in [0.1, 0.15) is 35.7 Å². The van der Waals surface area contributed by atoms with E-state index in [1.807, 2.05) is 44.2 Å². The second kappa shape index (κ2) is 25.0. The lowest BCUT2D eigenvalue weighted by Crippen LogP contribution is -2.61. The largest absolute Gasteiger partial charge is 0.494 e. The quantitative estimate of drug-likeness (QED) is 0.0591. The highest BCUT2D eigenvalue weighted by molar-refractivity contribution is 5.95. The van der Waals surface area contributed by atoms with Crippen LogP contribution in [0.3, 0.4) is 0 Å². The number of nitrogens with two attached hydrogens (primary N) is 1. The number of hydrogen-bond donors (Lipinski definition) is 6. The Balaban J connectivity index is 2.05. The molecule has 17 heteroatoms. The van der Waals surface area contributed by atoms with Gasteiger partial charge in [0, 0.05) is 19.3 Å². The first-order valence-electron chi connectivity index (χ1n) is 19.6. The van der Waals surface area contributed by atoms with E-state index in [0.29, 0.717) is 30.9 Å². The van der Waals surface area contributed by atoms with E-state index in [1.54, 1.807) is 19.9 Å². The van der Waals surface area contributed by atoms with Crippen LogP contribution in [-0.2, 0) is 43.0 Å². The van der Waals surface area contributed by atoms with Crippen LogP contribution in [0.25, 0.3) is 10.8 Å². The number of nitrogens with one attached hydrogen (secondary N) is 4. The molecule has 2 rings (SSSR count). The minimum Gasteiger partial charge on any atom is -0.494 e. The van der Waals surface area contributed by atoms with E-state index in [0.717, 1.165) is 10.8 Å². The third-order valence-electron chi connectivity index (χ3n) is 9.32. The first-order chi connectivity index (χ1) is 27.5. The van der Waals surface area contributed by atoms with Crippen molar-refractivity contribution in [2.45, 2.75) is 116 Å². The smallest absolute Gasteiger partial charge is 0.328 e. The van der Waals surface area contributed by atoms with Crippen molar-refractivity contribution in [2.75, 3.05) is 27.4 Å². The Labute approximate surface area is 339 Å². The molecular formula is C41H61N5O12. The lowest BCUT2D eigenvalue weighted by Gasteiger charge is -2.29. The van der Waals surface area contributed by atoms with Gasteiger partial charge in [0.25, 0.3) is 0 Å². The van der Waals surface area contributed by atoms with E-state index in [1.165, 1.54) is 21.1 Å². The SMILES string of the molecule is CC[C@H](C)[C@H](NC(=O)[C@H](CCC(N)=O)NC(=O)CCCOc1ccc2ccc(OCCCC(=O)OC)cc2c1)C(=O)N[C@H](C(=O)N[C@@H](CC(C)C)C(=O)OC)[C@@H](C)O. The average molecular weight is 816 g/mol. The van der Waals surface area contributed by atoms with E-state index in [-0.39, 0.29) is 57.0 Å². The molecule has 322 valence electrons. The van der Waals surface area contributed by atoms with E-state index in [9.17, 15) is 38.7 Å². The number of rotatable bonds is 26. The van der Waals surface area contributed by atoms with Gasteiger partial charge >= 0.3 is 11.9 Å². The molecule has 0 bridgehead atoms. The molecule has 6 atom stereocenters. The van der Waals surface area contributed by atoms with Gasteiger partial charge in [0.15, 0.2) is 0 Å². The fourth-order valence-electron chi connectivity index (χ4n) is 5.83. The number of amides is 5. The summed E-state index contributed by atoms with van der Waals surface area (Å²) >= 11 is 0. The van der Waals surface area contributed by atoms with Crippen LogP contribution >= 0.6 is 0 Å². The number of fused-ring (bicyclic) bond motifs is 1. The van der Waals surface area contributed by atoms with Crippen LogP contribution in [0.4, 0.5) is 0 Å². The van der Waals surface area contributed by atoms with Crippen LogP contribution in [0.15, 0.2) is 36.4 Å². The van der Waals surface area contributed by atoms with Crippen molar-refractivity contribution in [3.63, 3.8) is 0 Å². The summed E-state index contributed by atoms with van der Waals surface area (Å²) in [7, 11) is 2.52. The summed E-state index contributed by atoms with van der Waals surface area (Å²) in [6.45, 7) is 9.01. The number of aliphatic hydroxyl groups is 1. The Morgan fingerprint density at radius 1 is 0.690 bits per heavy atom. The molecule has 0 spiro atoms. The van der Waals surface area contributed by atoms with Gasteiger partial charge in [0.2, 0.25) is 29.5 Å². The van der Waals surface area contributed by atoms with Gasteiger partial charge in [-0.2, -0.15) is 0 Å². The standard InChI is InChI=1S/C41H61N5O12/c1-8-25(4)36(39(52)46-37(26(5)47)40(53)44-32(21-24(2)3)41(54)56-7)45-38(51)31(17-18-33(42)48)43-34(49)11-9-19-57-29-15-13-27-14-16-30(23-28(27)22-29)58-20-10-12-35(50)55-6/h13-16,22-26,31-32,36-37,47H,8-12,17-21H2,1-7H3,(H2,42,48)(H,43,49)(H,44,53)(H,45,51)(H,46,52)/t25-,26+,31-,32-,36-,37-/m0/s1. The number of aliphatic hydroxyl groups excluding tert-OH is 1. The molecule has 0 fully saturated rings. The molecule has 0 aliphatic rings. The lowest BCUT2D eigenvalue weighted by atomic mass is 9.96. The number of methoxy groups -OCH3 is 2. The van der Waals surface area contributed by atoms with Gasteiger partial charge in [-0.1, -0.05) is 46.2 Å². The van der Waals surface area contributed by atoms with Crippen LogP contribution in [0.2, 0.25) is 0 Å². The number of primary amides is 1. The van der Waals surface area contributed by atoms with E-state index in [4.69, 9.17) is 19.9 Å². The Kier molecular flexibility index (Phi) is 21.0. The highest BCUT2D eigenvalue weighted by atomic mass is 16.5. The summed E-state index contributed by atoms with van der Waals surface area (Å²) in [6.07, 6.45) is -0.0522. The second-order valence-corrected chi connectivity index (χ2v) is 14.6. The van der Waals surface area contributed by atoms with E-state index < -0.39 is 71.7 Å². The zero-order chi connectivity index (χ0) is 43.4. The van der Waals surface area contributed by atoms with Crippen LogP contribution in [0.1, 0.15) is 86.0 Å². The van der Waals surface area contributed by atoms with Gasteiger partial charge in [-0.05, 0) is 79.5 Å². The Hall–Kier alpha value is -5.45. The maximum atomic E-state index is 13.6. The van der Waals surface area contributed by atoms with Gasteiger partial charge in [0.05, 0.1) is 33.5 Å². The fraction of sp³-hybridized carbons (Fsp3) is 0.585. The van der Waals surface area contributed by atoms with Crippen LogP contribution in [-0.4, -0.2) is 104 Å². The molecule has 17 nitrogen and oxygen atoms in total. The maximum absolute atomic E-state index is 13.6. The molecule has 2 aromatic carbocycles. The predicted molar refractivity (Wildman–Crippen MR) is 214 cm³/mol. The van der Waals surface area contributed by atoms with Crippen LogP contribution in [0, 0.1) is 11.8 Å². The maximum Gasteiger partial charge on any atom is 0.328 e. The fourth-order valence-corrected chi connectivity index (χ4v) is 5.83. The highest BCUT2D eigenvalue weighted by Gasteiger charge is 2.35. The summed E-state index contributed by atoms with van der Waals surface area (Å²) in [5.74, 6) is -3.80. The minimum absolute atomic E-state index is 0.00945. The van der Waals surface area contributed by atoms with Crippen LogP contribution in [0.5, 0.6) is 11.5 Å².